The standard InChI is InChI=1S/C12H10S/c1-3-9(2)11-8-13-12-7-5-4-6-10(11)12/h1,4-9H,2H3. The van der Waals surface area contributed by atoms with Crippen LogP contribution in [0.3, 0.4) is 0 Å². The minimum atomic E-state index is 0.219. The Bertz CT molecular complexity index is 459. The molecule has 64 valence electrons. The molecule has 0 aliphatic heterocycles. The normalized spacial score (nSPS) is 12.6. The number of terminal acetylenes is 1. The van der Waals surface area contributed by atoms with Gasteiger partial charge in [0.1, 0.15) is 0 Å². The Morgan fingerprint density at radius 1 is 1.38 bits per heavy atom. The van der Waals surface area contributed by atoms with Crippen molar-refractivity contribution in [1.29, 1.82) is 0 Å². The minimum Gasteiger partial charge on any atom is -0.143 e. The van der Waals surface area contributed by atoms with E-state index in [1.807, 2.05) is 0 Å². The summed E-state index contributed by atoms with van der Waals surface area (Å²) in [6.45, 7) is 2.06. The van der Waals surface area contributed by atoms with E-state index in [0.29, 0.717) is 0 Å². The van der Waals surface area contributed by atoms with Gasteiger partial charge in [0.2, 0.25) is 0 Å². The van der Waals surface area contributed by atoms with Crippen LogP contribution < -0.4 is 0 Å². The number of rotatable bonds is 1. The molecule has 2 aromatic rings. The maximum absolute atomic E-state index is 5.41. The molecule has 0 radical (unpaired) electrons. The second kappa shape index (κ2) is 3.24. The summed E-state index contributed by atoms with van der Waals surface area (Å²) < 4.78 is 1.32. The highest BCUT2D eigenvalue weighted by Gasteiger charge is 2.07. The Balaban J connectivity index is 2.66. The van der Waals surface area contributed by atoms with E-state index in [1.54, 1.807) is 11.3 Å². The van der Waals surface area contributed by atoms with Gasteiger partial charge in [-0.2, -0.15) is 0 Å². The molecule has 0 spiro atoms. The molecule has 0 saturated heterocycles. The van der Waals surface area contributed by atoms with Gasteiger partial charge in [0.05, 0.1) is 0 Å². The van der Waals surface area contributed by atoms with Crippen LogP contribution in [0, 0.1) is 12.3 Å². The Morgan fingerprint density at radius 2 is 2.15 bits per heavy atom. The van der Waals surface area contributed by atoms with E-state index < -0.39 is 0 Å². The SMILES string of the molecule is C#CC(C)c1csc2ccccc12. The largest absolute Gasteiger partial charge is 0.143 e. The first kappa shape index (κ1) is 8.34. The Kier molecular flexibility index (Phi) is 2.08. The van der Waals surface area contributed by atoms with E-state index in [1.165, 1.54) is 15.6 Å². The lowest BCUT2D eigenvalue weighted by molar-refractivity contribution is 1.03. The quantitative estimate of drug-likeness (QED) is 0.596. The topological polar surface area (TPSA) is 0 Å². The molecule has 2 rings (SSSR count). The molecule has 1 heterocycles. The highest BCUT2D eigenvalue weighted by Crippen LogP contribution is 2.30. The fourth-order valence-corrected chi connectivity index (χ4v) is 2.48. The van der Waals surface area contributed by atoms with E-state index in [2.05, 4.69) is 42.5 Å². The number of hydrogen-bond acceptors (Lipinski definition) is 1. The smallest absolute Gasteiger partial charge is 0.0435 e. The van der Waals surface area contributed by atoms with Crippen LogP contribution in [0.5, 0.6) is 0 Å². The van der Waals surface area contributed by atoms with Crippen LogP contribution in [-0.2, 0) is 0 Å². The Labute approximate surface area is 82.2 Å². The first-order valence-electron chi connectivity index (χ1n) is 4.25. The Hall–Kier alpha value is -1.26. The van der Waals surface area contributed by atoms with Gasteiger partial charge < -0.3 is 0 Å². The van der Waals surface area contributed by atoms with Gasteiger partial charge in [-0.15, -0.1) is 17.8 Å². The summed E-state index contributed by atoms with van der Waals surface area (Å²) in [6.07, 6.45) is 5.41. The summed E-state index contributed by atoms with van der Waals surface area (Å²) in [4.78, 5) is 0. The predicted molar refractivity (Wildman–Crippen MR) is 59.1 cm³/mol. The van der Waals surface area contributed by atoms with Crippen molar-refractivity contribution in [2.24, 2.45) is 0 Å². The summed E-state index contributed by atoms with van der Waals surface area (Å²) >= 11 is 1.76. The van der Waals surface area contributed by atoms with Crippen LogP contribution in [0.15, 0.2) is 29.6 Å². The number of hydrogen-bond donors (Lipinski definition) is 0. The van der Waals surface area contributed by atoms with E-state index in [-0.39, 0.29) is 5.92 Å². The van der Waals surface area contributed by atoms with Crippen LogP contribution in [0.1, 0.15) is 18.4 Å². The maximum Gasteiger partial charge on any atom is 0.0435 e. The molecule has 0 aliphatic carbocycles. The van der Waals surface area contributed by atoms with Gasteiger partial charge >= 0.3 is 0 Å². The highest BCUT2D eigenvalue weighted by atomic mass is 32.1. The van der Waals surface area contributed by atoms with E-state index >= 15 is 0 Å². The molecule has 0 bridgehead atoms. The molecule has 1 heteroatoms. The summed E-state index contributed by atoms with van der Waals surface area (Å²) in [6, 6.07) is 8.38. The highest BCUT2D eigenvalue weighted by molar-refractivity contribution is 7.17. The van der Waals surface area contributed by atoms with Gasteiger partial charge in [-0.1, -0.05) is 24.1 Å². The van der Waals surface area contributed by atoms with Crippen molar-refractivity contribution in [2.75, 3.05) is 0 Å². The maximum atomic E-state index is 5.41. The summed E-state index contributed by atoms with van der Waals surface area (Å²) in [5, 5.41) is 3.47. The summed E-state index contributed by atoms with van der Waals surface area (Å²) in [5.74, 6) is 2.98. The van der Waals surface area contributed by atoms with Gasteiger partial charge in [-0.05, 0) is 29.3 Å². The van der Waals surface area contributed by atoms with Crippen LogP contribution >= 0.6 is 11.3 Å². The lowest BCUT2D eigenvalue weighted by Gasteiger charge is -2.00. The number of benzene rings is 1. The van der Waals surface area contributed by atoms with Crippen molar-refractivity contribution in [3.63, 3.8) is 0 Å². The molecule has 1 aromatic carbocycles. The fourth-order valence-electron chi connectivity index (χ4n) is 1.42. The zero-order valence-corrected chi connectivity index (χ0v) is 8.27. The van der Waals surface area contributed by atoms with Crippen LogP contribution in [-0.4, -0.2) is 0 Å². The van der Waals surface area contributed by atoms with Gasteiger partial charge in [0.15, 0.2) is 0 Å². The van der Waals surface area contributed by atoms with Crippen molar-refractivity contribution >= 4 is 21.4 Å². The molecular weight excluding hydrogens is 176 g/mol. The number of fused-ring (bicyclic) bond motifs is 1. The van der Waals surface area contributed by atoms with Crippen molar-refractivity contribution in [3.8, 4) is 12.3 Å². The zero-order valence-electron chi connectivity index (χ0n) is 7.45. The second-order valence-electron chi connectivity index (χ2n) is 3.08. The first-order valence-corrected chi connectivity index (χ1v) is 5.13. The molecule has 0 aliphatic rings. The summed E-state index contributed by atoms with van der Waals surface area (Å²) in [7, 11) is 0. The monoisotopic (exact) mass is 186 g/mol. The average molecular weight is 186 g/mol. The van der Waals surface area contributed by atoms with Crippen LogP contribution in [0.2, 0.25) is 0 Å². The predicted octanol–water partition coefficient (Wildman–Crippen LogP) is 3.64. The molecule has 0 fully saturated rings. The molecule has 1 unspecified atom stereocenters. The lowest BCUT2D eigenvalue weighted by atomic mass is 10.0. The molecule has 0 nitrogen and oxygen atoms in total. The fraction of sp³-hybridized carbons (Fsp3) is 0.167. The van der Waals surface area contributed by atoms with E-state index in [9.17, 15) is 0 Å². The van der Waals surface area contributed by atoms with E-state index in [0.717, 1.165) is 0 Å². The van der Waals surface area contributed by atoms with Crippen LogP contribution in [0.4, 0.5) is 0 Å². The molecule has 1 aromatic heterocycles. The van der Waals surface area contributed by atoms with Crippen molar-refractivity contribution in [2.45, 2.75) is 12.8 Å². The molecular formula is C12H10S. The molecule has 0 saturated carbocycles. The number of thiophene rings is 1. The molecule has 13 heavy (non-hydrogen) atoms. The van der Waals surface area contributed by atoms with Gasteiger partial charge in [-0.3, -0.25) is 0 Å². The average Bonchev–Trinajstić information content (AvgIpc) is 2.60. The summed E-state index contributed by atoms with van der Waals surface area (Å²) in [5.41, 5.74) is 1.28. The van der Waals surface area contributed by atoms with Gasteiger partial charge in [-0.25, -0.2) is 0 Å². The third kappa shape index (κ3) is 1.34. The minimum absolute atomic E-state index is 0.219. The lowest BCUT2D eigenvalue weighted by Crippen LogP contribution is -1.85. The molecule has 1 atom stereocenters. The Morgan fingerprint density at radius 3 is 2.92 bits per heavy atom. The van der Waals surface area contributed by atoms with Crippen molar-refractivity contribution in [3.05, 3.63) is 35.2 Å². The first-order chi connectivity index (χ1) is 6.33. The second-order valence-corrected chi connectivity index (χ2v) is 3.99. The third-order valence-electron chi connectivity index (χ3n) is 2.23. The van der Waals surface area contributed by atoms with E-state index in [4.69, 9.17) is 6.42 Å². The molecule has 0 N–H and O–H groups in total. The van der Waals surface area contributed by atoms with Crippen molar-refractivity contribution < 1.29 is 0 Å². The van der Waals surface area contributed by atoms with Gasteiger partial charge in [0, 0.05) is 10.6 Å². The van der Waals surface area contributed by atoms with Crippen LogP contribution in [0.25, 0.3) is 10.1 Å². The third-order valence-corrected chi connectivity index (χ3v) is 3.21. The van der Waals surface area contributed by atoms with Gasteiger partial charge in [0.25, 0.3) is 0 Å². The van der Waals surface area contributed by atoms with Crippen molar-refractivity contribution in [1.82, 2.24) is 0 Å². The molecule has 0 amide bonds. The zero-order chi connectivity index (χ0) is 9.26.